The fourth-order valence-electron chi connectivity index (χ4n) is 2.47. The highest BCUT2D eigenvalue weighted by molar-refractivity contribution is 5.81. The van der Waals surface area contributed by atoms with E-state index in [2.05, 4.69) is 11.9 Å². The molecule has 1 saturated heterocycles. The summed E-state index contributed by atoms with van der Waals surface area (Å²) < 4.78 is 5.37. The van der Waals surface area contributed by atoms with Crippen LogP contribution in [-0.4, -0.2) is 68.6 Å². The molecule has 4 nitrogen and oxygen atoms in total. The van der Waals surface area contributed by atoms with Gasteiger partial charge >= 0.3 is 0 Å². The minimum Gasteiger partial charge on any atom is -0.380 e. The highest BCUT2D eigenvalue weighted by Gasteiger charge is 2.32. The van der Waals surface area contributed by atoms with Crippen LogP contribution in [0.3, 0.4) is 0 Å². The molecule has 1 heterocycles. The number of carbonyl (C=O) groups excluding carboxylic acids is 1. The van der Waals surface area contributed by atoms with Gasteiger partial charge in [0.05, 0.1) is 12.1 Å². The van der Waals surface area contributed by atoms with Gasteiger partial charge in [0, 0.05) is 19.7 Å². The molecule has 0 amide bonds. The molecule has 3 unspecified atom stereocenters. The second kappa shape index (κ2) is 5.75. The van der Waals surface area contributed by atoms with Gasteiger partial charge in [0.25, 0.3) is 0 Å². The molecular formula is C12H24N2O2. The van der Waals surface area contributed by atoms with Crippen LogP contribution in [0.15, 0.2) is 0 Å². The number of nitrogens with zero attached hydrogens (tertiary/aromatic N) is 2. The summed E-state index contributed by atoms with van der Waals surface area (Å²) in [5.74, 6) is 0.249. The Hall–Kier alpha value is -0.450. The zero-order valence-electron chi connectivity index (χ0n) is 11.1. The van der Waals surface area contributed by atoms with Gasteiger partial charge in [0.2, 0.25) is 0 Å². The van der Waals surface area contributed by atoms with Gasteiger partial charge in [-0.1, -0.05) is 0 Å². The molecular weight excluding hydrogens is 204 g/mol. The number of hydrogen-bond acceptors (Lipinski definition) is 4. The lowest BCUT2D eigenvalue weighted by atomic mass is 10.0. The van der Waals surface area contributed by atoms with Crippen molar-refractivity contribution >= 4 is 5.78 Å². The van der Waals surface area contributed by atoms with E-state index in [1.54, 1.807) is 14.0 Å². The number of ether oxygens (including phenoxy) is 1. The maximum atomic E-state index is 11.5. The fourth-order valence-corrected chi connectivity index (χ4v) is 2.47. The summed E-state index contributed by atoms with van der Waals surface area (Å²) in [7, 11) is 7.80. The second-order valence-electron chi connectivity index (χ2n) is 5.01. The number of carbonyl (C=O) groups is 1. The van der Waals surface area contributed by atoms with Crippen molar-refractivity contribution in [1.29, 1.82) is 0 Å². The number of methoxy groups -OCH3 is 1. The van der Waals surface area contributed by atoms with E-state index in [1.807, 2.05) is 19.0 Å². The lowest BCUT2D eigenvalue weighted by Crippen LogP contribution is -2.40. The van der Waals surface area contributed by atoms with Crippen molar-refractivity contribution in [2.45, 2.75) is 38.0 Å². The average Bonchev–Trinajstić information content (AvgIpc) is 2.54. The molecule has 4 heteroatoms. The summed E-state index contributed by atoms with van der Waals surface area (Å²) in [4.78, 5) is 15.8. The van der Waals surface area contributed by atoms with Crippen molar-refractivity contribution in [3.05, 3.63) is 0 Å². The predicted octanol–water partition coefficient (Wildman–Crippen LogP) is 0.615. The average molecular weight is 228 g/mol. The first kappa shape index (κ1) is 13.6. The lowest BCUT2D eigenvalue weighted by molar-refractivity contribution is -0.121. The Balaban J connectivity index is 2.55. The Labute approximate surface area is 98.5 Å². The van der Waals surface area contributed by atoms with Gasteiger partial charge in [-0.25, -0.2) is 0 Å². The summed E-state index contributed by atoms with van der Waals surface area (Å²) in [6, 6.07) is 0.490. The molecule has 0 aliphatic carbocycles. The number of hydrogen-bond donors (Lipinski definition) is 0. The van der Waals surface area contributed by atoms with Gasteiger partial charge < -0.3 is 9.64 Å². The second-order valence-corrected chi connectivity index (χ2v) is 5.01. The van der Waals surface area contributed by atoms with Crippen LogP contribution in [-0.2, 0) is 9.53 Å². The minimum absolute atomic E-state index is 0.0306. The molecule has 0 aromatic rings. The lowest BCUT2D eigenvalue weighted by Gasteiger charge is -2.27. The maximum Gasteiger partial charge on any atom is 0.146 e. The predicted molar refractivity (Wildman–Crippen MR) is 64.6 cm³/mol. The third kappa shape index (κ3) is 3.27. The van der Waals surface area contributed by atoms with Crippen LogP contribution in [0.5, 0.6) is 0 Å². The number of ketones is 1. The van der Waals surface area contributed by atoms with Crippen molar-refractivity contribution in [2.24, 2.45) is 0 Å². The van der Waals surface area contributed by atoms with Crippen LogP contribution in [0.2, 0.25) is 0 Å². The maximum absolute atomic E-state index is 11.5. The molecule has 0 bridgehead atoms. The molecule has 3 atom stereocenters. The van der Waals surface area contributed by atoms with Crippen LogP contribution >= 0.6 is 0 Å². The van der Waals surface area contributed by atoms with Crippen LogP contribution in [0.4, 0.5) is 0 Å². The van der Waals surface area contributed by atoms with Gasteiger partial charge in [-0.2, -0.15) is 0 Å². The van der Waals surface area contributed by atoms with E-state index >= 15 is 0 Å². The summed E-state index contributed by atoms with van der Waals surface area (Å²) >= 11 is 0. The quantitative estimate of drug-likeness (QED) is 0.690. The number of rotatable bonds is 5. The Morgan fingerprint density at radius 3 is 2.56 bits per heavy atom. The zero-order chi connectivity index (χ0) is 12.3. The first-order chi connectivity index (χ1) is 7.45. The summed E-state index contributed by atoms with van der Waals surface area (Å²) in [6.45, 7) is 2.65. The van der Waals surface area contributed by atoms with Crippen LogP contribution in [0.1, 0.15) is 19.8 Å². The van der Waals surface area contributed by atoms with Gasteiger partial charge in [-0.15, -0.1) is 0 Å². The largest absolute Gasteiger partial charge is 0.380 e. The Morgan fingerprint density at radius 1 is 1.56 bits per heavy atom. The summed E-state index contributed by atoms with van der Waals surface area (Å²) in [6.07, 6.45) is 2.26. The van der Waals surface area contributed by atoms with Crippen LogP contribution in [0.25, 0.3) is 0 Å². The normalized spacial score (nSPS) is 28.6. The number of Topliss-reactive ketones (excluding diaryl/α,β-unsaturated/α-hetero) is 1. The first-order valence-corrected chi connectivity index (χ1v) is 5.85. The SMILES string of the molecule is COC1CC(CC(C(C)=O)N(C)C)N(C)C1. The molecule has 1 aliphatic heterocycles. The molecule has 16 heavy (non-hydrogen) atoms. The van der Waals surface area contributed by atoms with Crippen molar-refractivity contribution in [3.8, 4) is 0 Å². The molecule has 0 radical (unpaired) electrons. The monoisotopic (exact) mass is 228 g/mol. The molecule has 94 valence electrons. The number of likely N-dealkylation sites (N-methyl/N-ethyl adjacent to an activating group) is 2. The Morgan fingerprint density at radius 2 is 2.19 bits per heavy atom. The third-order valence-corrected chi connectivity index (χ3v) is 3.57. The minimum atomic E-state index is 0.0306. The van der Waals surface area contributed by atoms with Crippen LogP contribution in [0, 0.1) is 0 Å². The van der Waals surface area contributed by atoms with Gasteiger partial charge in [0.1, 0.15) is 5.78 Å². The van der Waals surface area contributed by atoms with Crippen molar-refractivity contribution in [1.82, 2.24) is 9.80 Å². The topological polar surface area (TPSA) is 32.8 Å². The Bertz CT molecular complexity index is 243. The highest BCUT2D eigenvalue weighted by Crippen LogP contribution is 2.23. The van der Waals surface area contributed by atoms with E-state index in [-0.39, 0.29) is 11.8 Å². The fraction of sp³-hybridized carbons (Fsp3) is 0.917. The standard InChI is InChI=1S/C12H24N2O2/c1-9(15)12(13(2)3)7-10-6-11(16-5)8-14(10)4/h10-12H,6-8H2,1-5H3. The van der Waals surface area contributed by atoms with E-state index in [4.69, 9.17) is 4.74 Å². The molecule has 0 N–H and O–H groups in total. The van der Waals surface area contributed by atoms with E-state index in [0.29, 0.717) is 12.1 Å². The number of likely N-dealkylation sites (tertiary alicyclic amines) is 1. The van der Waals surface area contributed by atoms with E-state index in [9.17, 15) is 4.79 Å². The van der Waals surface area contributed by atoms with Crippen molar-refractivity contribution in [3.63, 3.8) is 0 Å². The highest BCUT2D eigenvalue weighted by atomic mass is 16.5. The van der Waals surface area contributed by atoms with Crippen molar-refractivity contribution < 1.29 is 9.53 Å². The van der Waals surface area contributed by atoms with E-state index in [1.165, 1.54) is 0 Å². The smallest absolute Gasteiger partial charge is 0.146 e. The van der Waals surface area contributed by atoms with Crippen LogP contribution < -0.4 is 0 Å². The zero-order valence-corrected chi connectivity index (χ0v) is 11.1. The summed E-state index contributed by atoms with van der Waals surface area (Å²) in [5, 5.41) is 0. The molecule has 0 spiro atoms. The molecule has 0 aromatic heterocycles. The third-order valence-electron chi connectivity index (χ3n) is 3.57. The first-order valence-electron chi connectivity index (χ1n) is 5.85. The van der Waals surface area contributed by atoms with E-state index < -0.39 is 0 Å². The van der Waals surface area contributed by atoms with E-state index in [0.717, 1.165) is 19.4 Å². The molecule has 0 saturated carbocycles. The van der Waals surface area contributed by atoms with Gasteiger partial charge in [-0.05, 0) is 40.9 Å². The summed E-state index contributed by atoms with van der Waals surface area (Å²) in [5.41, 5.74) is 0. The molecule has 0 aromatic carbocycles. The molecule has 1 aliphatic rings. The van der Waals surface area contributed by atoms with Crippen molar-refractivity contribution in [2.75, 3.05) is 34.8 Å². The van der Waals surface area contributed by atoms with Gasteiger partial charge in [-0.3, -0.25) is 9.69 Å². The van der Waals surface area contributed by atoms with Gasteiger partial charge in [0.15, 0.2) is 0 Å². The molecule has 1 rings (SSSR count). The Kier molecular flexibility index (Phi) is 4.89. The molecule has 1 fully saturated rings.